The third-order valence-corrected chi connectivity index (χ3v) is 6.15. The van der Waals surface area contributed by atoms with Crippen LogP contribution in [0.2, 0.25) is 0 Å². The Morgan fingerprint density at radius 2 is 1.65 bits per heavy atom. The van der Waals surface area contributed by atoms with Gasteiger partial charge in [-0.25, -0.2) is 0 Å². The summed E-state index contributed by atoms with van der Waals surface area (Å²) in [6.45, 7) is 0. The van der Waals surface area contributed by atoms with Gasteiger partial charge in [0.25, 0.3) is 0 Å². The molecule has 1 aromatic carbocycles. The van der Waals surface area contributed by atoms with Crippen molar-refractivity contribution in [1.29, 1.82) is 0 Å². The van der Waals surface area contributed by atoms with Gasteiger partial charge in [0.2, 0.25) is 0 Å². The molecular formula is C17H17FO7Se. The standard InChI is InChI=1S/C17H17FO7Se/c1-22-10-5-8-12(7-11(10)23-2)26-16(14(8)18)15(20)9(17(21)25-4)6-13(19)24-3/h5,7,9H,6H2,1-4H3. The third-order valence-electron chi connectivity index (χ3n) is 3.76. The molecule has 1 atom stereocenters. The van der Waals surface area contributed by atoms with Crippen LogP contribution in [0.5, 0.6) is 11.5 Å². The molecule has 0 aliphatic heterocycles. The van der Waals surface area contributed by atoms with E-state index >= 15 is 0 Å². The number of methoxy groups -OCH3 is 4. The molecule has 0 aliphatic carbocycles. The number of halogens is 1. The summed E-state index contributed by atoms with van der Waals surface area (Å²) in [5.41, 5.74) is 0. The number of hydrogen-bond donors (Lipinski definition) is 0. The number of Topliss-reactive ketones (excluding diaryl/α,β-unsaturated/α-hetero) is 1. The number of carbonyl (C=O) groups is 3. The summed E-state index contributed by atoms with van der Waals surface area (Å²) in [7, 11) is 5.09. The van der Waals surface area contributed by atoms with E-state index in [1.54, 1.807) is 6.07 Å². The second-order valence-electron chi connectivity index (χ2n) is 5.17. The normalized spacial score (nSPS) is 11.7. The van der Waals surface area contributed by atoms with E-state index < -0.39 is 50.4 Å². The molecule has 0 fully saturated rings. The monoisotopic (exact) mass is 432 g/mol. The second kappa shape index (κ2) is 8.33. The molecule has 0 aliphatic rings. The van der Waals surface area contributed by atoms with Gasteiger partial charge in [0.15, 0.2) is 0 Å². The van der Waals surface area contributed by atoms with Crippen LogP contribution in [0.25, 0.3) is 9.65 Å². The van der Waals surface area contributed by atoms with Crippen LogP contribution in [0.1, 0.15) is 15.7 Å². The Hall–Kier alpha value is -2.38. The van der Waals surface area contributed by atoms with Crippen molar-refractivity contribution < 1.29 is 37.7 Å². The van der Waals surface area contributed by atoms with Crippen molar-refractivity contribution in [1.82, 2.24) is 0 Å². The Morgan fingerprint density at radius 1 is 1.04 bits per heavy atom. The quantitative estimate of drug-likeness (QED) is 0.285. The van der Waals surface area contributed by atoms with E-state index in [0.717, 1.165) is 14.2 Å². The van der Waals surface area contributed by atoms with Crippen LogP contribution in [-0.4, -0.2) is 60.7 Å². The Morgan fingerprint density at radius 3 is 2.19 bits per heavy atom. The zero-order valence-electron chi connectivity index (χ0n) is 14.6. The van der Waals surface area contributed by atoms with Crippen LogP contribution in [-0.2, 0) is 19.1 Å². The van der Waals surface area contributed by atoms with Crippen molar-refractivity contribution in [2.24, 2.45) is 5.92 Å². The number of hydrogen-bond acceptors (Lipinski definition) is 7. The molecule has 0 amide bonds. The van der Waals surface area contributed by atoms with Crippen LogP contribution < -0.4 is 9.47 Å². The minimum absolute atomic E-state index is 0.137. The van der Waals surface area contributed by atoms with Crippen LogP contribution in [0.15, 0.2) is 12.1 Å². The first-order valence-electron chi connectivity index (χ1n) is 7.40. The van der Waals surface area contributed by atoms with Crippen LogP contribution in [0, 0.1) is 11.7 Å². The number of carbonyl (C=O) groups excluding carboxylic acids is 3. The van der Waals surface area contributed by atoms with Gasteiger partial charge in [-0.3, -0.25) is 0 Å². The summed E-state index contributed by atoms with van der Waals surface area (Å²) in [4.78, 5) is 36.2. The number of ether oxygens (including phenoxy) is 4. The van der Waals surface area contributed by atoms with Gasteiger partial charge in [-0.1, -0.05) is 0 Å². The molecule has 0 saturated carbocycles. The molecule has 2 rings (SSSR count). The summed E-state index contributed by atoms with van der Waals surface area (Å²) in [5, 5.41) is 0.215. The van der Waals surface area contributed by atoms with Crippen LogP contribution in [0.3, 0.4) is 0 Å². The van der Waals surface area contributed by atoms with Gasteiger partial charge in [-0.05, 0) is 0 Å². The summed E-state index contributed by atoms with van der Waals surface area (Å²) < 4.78 is 34.7. The van der Waals surface area contributed by atoms with Gasteiger partial charge in [-0.15, -0.1) is 0 Å². The average Bonchev–Trinajstić information content (AvgIpc) is 2.99. The third kappa shape index (κ3) is 3.73. The molecule has 0 N–H and O–H groups in total. The molecule has 2 aromatic rings. The molecule has 0 saturated heterocycles. The van der Waals surface area contributed by atoms with Crippen molar-refractivity contribution in [3.63, 3.8) is 0 Å². The van der Waals surface area contributed by atoms with E-state index in [2.05, 4.69) is 9.47 Å². The van der Waals surface area contributed by atoms with Gasteiger partial charge in [0.1, 0.15) is 0 Å². The number of rotatable bonds is 7. The van der Waals surface area contributed by atoms with Gasteiger partial charge in [0.05, 0.1) is 0 Å². The Bertz CT molecular complexity index is 858. The minimum atomic E-state index is -1.45. The molecule has 0 spiro atoms. The fourth-order valence-electron chi connectivity index (χ4n) is 2.39. The maximum absolute atomic E-state index is 14.8. The van der Waals surface area contributed by atoms with E-state index in [4.69, 9.17) is 9.47 Å². The molecular weight excluding hydrogens is 414 g/mol. The van der Waals surface area contributed by atoms with E-state index in [-0.39, 0.29) is 9.82 Å². The molecule has 7 nitrogen and oxygen atoms in total. The topological polar surface area (TPSA) is 88.1 Å². The van der Waals surface area contributed by atoms with Crippen molar-refractivity contribution >= 4 is 41.9 Å². The predicted octanol–water partition coefficient (Wildman–Crippen LogP) is 1.59. The molecule has 140 valence electrons. The van der Waals surface area contributed by atoms with Gasteiger partial charge in [0, 0.05) is 0 Å². The van der Waals surface area contributed by atoms with E-state index in [1.165, 1.54) is 20.3 Å². The zero-order valence-corrected chi connectivity index (χ0v) is 16.3. The maximum atomic E-state index is 14.8. The molecule has 1 heterocycles. The first kappa shape index (κ1) is 19.9. The van der Waals surface area contributed by atoms with Gasteiger partial charge in [-0.2, -0.15) is 0 Å². The zero-order chi connectivity index (χ0) is 19.4. The number of fused-ring (bicyclic) bond motifs is 1. The Kier molecular flexibility index (Phi) is 6.39. The number of benzene rings is 1. The van der Waals surface area contributed by atoms with Gasteiger partial charge < -0.3 is 0 Å². The number of ketones is 1. The molecule has 1 aromatic heterocycles. The van der Waals surface area contributed by atoms with Crippen molar-refractivity contribution in [2.75, 3.05) is 28.4 Å². The average molecular weight is 431 g/mol. The molecule has 1 unspecified atom stereocenters. The fourth-order valence-corrected chi connectivity index (χ4v) is 4.67. The van der Waals surface area contributed by atoms with Crippen molar-refractivity contribution in [3.05, 3.63) is 22.4 Å². The molecule has 26 heavy (non-hydrogen) atoms. The predicted molar refractivity (Wildman–Crippen MR) is 90.4 cm³/mol. The fraction of sp³-hybridized carbons (Fsp3) is 0.353. The van der Waals surface area contributed by atoms with E-state index in [9.17, 15) is 18.8 Å². The van der Waals surface area contributed by atoms with Crippen LogP contribution >= 0.6 is 0 Å². The van der Waals surface area contributed by atoms with E-state index in [1.807, 2.05) is 0 Å². The van der Waals surface area contributed by atoms with Gasteiger partial charge >= 0.3 is 154 Å². The van der Waals surface area contributed by atoms with E-state index in [0.29, 0.717) is 15.8 Å². The molecule has 9 heteroatoms. The summed E-state index contributed by atoms with van der Waals surface area (Å²) in [5.74, 6) is -3.91. The van der Waals surface area contributed by atoms with Crippen molar-refractivity contribution in [3.8, 4) is 11.5 Å². The summed E-state index contributed by atoms with van der Waals surface area (Å²) in [6, 6.07) is 3.04. The Labute approximate surface area is 154 Å². The first-order valence-corrected chi connectivity index (χ1v) is 9.12. The molecule has 0 bridgehead atoms. The molecule has 0 radical (unpaired) electrons. The second-order valence-corrected chi connectivity index (χ2v) is 7.38. The SMILES string of the molecule is COC(=O)CC(C(=O)OC)C(=O)c1[se]c2cc(OC)c(OC)cc2c1F. The number of esters is 2. The summed E-state index contributed by atoms with van der Waals surface area (Å²) in [6.07, 6.45) is -0.516. The van der Waals surface area contributed by atoms with Crippen molar-refractivity contribution in [2.45, 2.75) is 6.42 Å². The summed E-state index contributed by atoms with van der Waals surface area (Å²) >= 11 is -0.696. The van der Waals surface area contributed by atoms with Crippen LogP contribution in [0.4, 0.5) is 4.39 Å². The first-order chi connectivity index (χ1) is 12.4. The Balaban J connectivity index is 2.52.